The lowest BCUT2D eigenvalue weighted by Gasteiger charge is -2.14. The molecule has 5 nitrogen and oxygen atoms in total. The molecule has 1 heterocycles. The van der Waals surface area contributed by atoms with E-state index in [1.165, 1.54) is 0 Å². The highest BCUT2D eigenvalue weighted by atomic mass is 16.4. The fraction of sp³-hybridized carbons (Fsp3) is 0.214. The van der Waals surface area contributed by atoms with Crippen molar-refractivity contribution in [3.63, 3.8) is 0 Å². The summed E-state index contributed by atoms with van der Waals surface area (Å²) in [5.74, 6) is -0.796. The van der Waals surface area contributed by atoms with Crippen LogP contribution in [0.2, 0.25) is 0 Å². The van der Waals surface area contributed by atoms with Crippen LogP contribution in [0.5, 0.6) is 0 Å². The topological polar surface area (TPSA) is 80.4 Å². The summed E-state index contributed by atoms with van der Waals surface area (Å²) in [7, 11) is 0. The van der Waals surface area contributed by atoms with Crippen LogP contribution >= 0.6 is 0 Å². The van der Waals surface area contributed by atoms with Crippen LogP contribution in [0.3, 0.4) is 0 Å². The number of aromatic carboxylic acids is 1. The van der Waals surface area contributed by atoms with Gasteiger partial charge in [0.15, 0.2) is 11.5 Å². The number of oxazole rings is 1. The Hall–Kier alpha value is -2.43. The minimum atomic E-state index is -1.14. The van der Waals surface area contributed by atoms with Gasteiger partial charge in [0, 0.05) is 17.5 Å². The summed E-state index contributed by atoms with van der Waals surface area (Å²) in [5.41, 5.74) is 2.21. The van der Waals surface area contributed by atoms with Gasteiger partial charge in [-0.1, -0.05) is 6.07 Å². The molecule has 0 radical (unpaired) electrons. The number of rotatable bonds is 2. The van der Waals surface area contributed by atoms with Crippen molar-refractivity contribution < 1.29 is 19.1 Å². The number of benzene rings is 1. The average molecular weight is 257 g/mol. The standard InChI is InChI=1S/C14H11NO4/c16-12-3-1-2-8-4-5-9(6-10(8)12)13-15-11(7-19-13)14(17)18/h4-7H,1-3H2,(H,17,18). The molecular weight excluding hydrogens is 246 g/mol. The summed E-state index contributed by atoms with van der Waals surface area (Å²) in [5, 5.41) is 8.80. The lowest BCUT2D eigenvalue weighted by molar-refractivity contribution is 0.0690. The van der Waals surface area contributed by atoms with Crippen molar-refractivity contribution in [2.24, 2.45) is 0 Å². The molecule has 0 spiro atoms. The quantitative estimate of drug-likeness (QED) is 0.894. The smallest absolute Gasteiger partial charge is 0.357 e. The first-order valence-electron chi connectivity index (χ1n) is 6.00. The number of carbonyl (C=O) groups excluding carboxylic acids is 1. The zero-order chi connectivity index (χ0) is 13.4. The van der Waals surface area contributed by atoms with Crippen LogP contribution < -0.4 is 0 Å². The molecule has 0 bridgehead atoms. The zero-order valence-electron chi connectivity index (χ0n) is 10.0. The van der Waals surface area contributed by atoms with Crippen LogP contribution in [-0.2, 0) is 6.42 Å². The van der Waals surface area contributed by atoms with Gasteiger partial charge in [-0.05, 0) is 30.5 Å². The Kier molecular flexibility index (Phi) is 2.67. The summed E-state index contributed by atoms with van der Waals surface area (Å²) in [4.78, 5) is 26.5. The van der Waals surface area contributed by atoms with Crippen molar-refractivity contribution in [3.8, 4) is 11.5 Å². The number of aromatic nitrogens is 1. The number of aryl methyl sites for hydroxylation is 1. The molecule has 1 aromatic heterocycles. The highest BCUT2D eigenvalue weighted by molar-refractivity contribution is 5.99. The molecule has 1 aromatic carbocycles. The first-order valence-corrected chi connectivity index (χ1v) is 6.00. The molecule has 2 aromatic rings. The Morgan fingerprint density at radius 1 is 1.32 bits per heavy atom. The minimum absolute atomic E-state index is 0.119. The van der Waals surface area contributed by atoms with Crippen molar-refractivity contribution in [2.45, 2.75) is 19.3 Å². The Morgan fingerprint density at radius 3 is 2.89 bits per heavy atom. The van der Waals surface area contributed by atoms with Crippen molar-refractivity contribution in [1.29, 1.82) is 0 Å². The van der Waals surface area contributed by atoms with E-state index in [0.29, 0.717) is 17.5 Å². The third kappa shape index (κ3) is 2.03. The number of carbonyl (C=O) groups is 2. The van der Waals surface area contributed by atoms with Crippen LogP contribution in [0.15, 0.2) is 28.9 Å². The van der Waals surface area contributed by atoms with E-state index in [1.54, 1.807) is 12.1 Å². The molecule has 0 saturated heterocycles. The van der Waals surface area contributed by atoms with E-state index >= 15 is 0 Å². The van der Waals surface area contributed by atoms with Gasteiger partial charge in [-0.3, -0.25) is 4.79 Å². The molecule has 0 atom stereocenters. The predicted molar refractivity (Wildman–Crippen MR) is 66.2 cm³/mol. The largest absolute Gasteiger partial charge is 0.476 e. The highest BCUT2D eigenvalue weighted by Gasteiger charge is 2.19. The van der Waals surface area contributed by atoms with E-state index in [9.17, 15) is 9.59 Å². The predicted octanol–water partition coefficient (Wildman–Crippen LogP) is 2.56. The monoisotopic (exact) mass is 257 g/mol. The number of hydrogen-bond donors (Lipinski definition) is 1. The van der Waals surface area contributed by atoms with Gasteiger partial charge in [-0.25, -0.2) is 9.78 Å². The van der Waals surface area contributed by atoms with Gasteiger partial charge < -0.3 is 9.52 Å². The molecule has 1 aliphatic carbocycles. The molecule has 3 rings (SSSR count). The van der Waals surface area contributed by atoms with E-state index < -0.39 is 5.97 Å². The molecule has 5 heteroatoms. The van der Waals surface area contributed by atoms with E-state index in [-0.39, 0.29) is 17.4 Å². The highest BCUT2D eigenvalue weighted by Crippen LogP contribution is 2.27. The Morgan fingerprint density at radius 2 is 2.16 bits per heavy atom. The van der Waals surface area contributed by atoms with E-state index in [0.717, 1.165) is 24.7 Å². The number of hydrogen-bond acceptors (Lipinski definition) is 4. The molecule has 1 aliphatic rings. The number of carboxylic acid groups (broad SMARTS) is 1. The second kappa shape index (κ2) is 4.35. The van der Waals surface area contributed by atoms with E-state index in [1.807, 2.05) is 6.07 Å². The van der Waals surface area contributed by atoms with Crippen molar-refractivity contribution >= 4 is 11.8 Å². The molecule has 1 N–H and O–H groups in total. The summed E-state index contributed by atoms with van der Waals surface area (Å²) in [6.07, 6.45) is 3.43. The Bertz CT molecular complexity index is 672. The minimum Gasteiger partial charge on any atom is -0.476 e. The summed E-state index contributed by atoms with van der Waals surface area (Å²) >= 11 is 0. The molecule has 0 saturated carbocycles. The van der Waals surface area contributed by atoms with Crippen LogP contribution in [0, 0.1) is 0 Å². The number of ketones is 1. The summed E-state index contributed by atoms with van der Waals surface area (Å²) in [6, 6.07) is 5.41. The normalized spacial score (nSPS) is 14.2. The molecular formula is C14H11NO4. The summed E-state index contributed by atoms with van der Waals surface area (Å²) in [6.45, 7) is 0. The third-order valence-corrected chi connectivity index (χ3v) is 3.23. The first kappa shape index (κ1) is 11.6. The number of Topliss-reactive ketones (excluding diaryl/α,β-unsaturated/α-hetero) is 1. The zero-order valence-corrected chi connectivity index (χ0v) is 10.0. The molecule has 0 amide bonds. The lowest BCUT2D eigenvalue weighted by atomic mass is 9.89. The number of nitrogens with zero attached hydrogens (tertiary/aromatic N) is 1. The van der Waals surface area contributed by atoms with Gasteiger partial charge in [0.25, 0.3) is 0 Å². The maximum Gasteiger partial charge on any atom is 0.357 e. The molecule has 19 heavy (non-hydrogen) atoms. The van der Waals surface area contributed by atoms with Gasteiger partial charge in [0.2, 0.25) is 5.89 Å². The Labute approximate surface area is 108 Å². The van der Waals surface area contributed by atoms with Gasteiger partial charge >= 0.3 is 5.97 Å². The lowest BCUT2D eigenvalue weighted by Crippen LogP contribution is -2.10. The fourth-order valence-electron chi connectivity index (χ4n) is 2.27. The number of fused-ring (bicyclic) bond motifs is 1. The second-order valence-corrected chi connectivity index (χ2v) is 4.49. The van der Waals surface area contributed by atoms with Gasteiger partial charge in [0.1, 0.15) is 6.26 Å². The van der Waals surface area contributed by atoms with Crippen molar-refractivity contribution in [3.05, 3.63) is 41.3 Å². The van der Waals surface area contributed by atoms with Crippen molar-refractivity contribution in [1.82, 2.24) is 4.98 Å². The molecule has 96 valence electrons. The Balaban J connectivity index is 2.03. The van der Waals surface area contributed by atoms with E-state index in [2.05, 4.69) is 4.98 Å². The van der Waals surface area contributed by atoms with Crippen LogP contribution in [0.25, 0.3) is 11.5 Å². The fourth-order valence-corrected chi connectivity index (χ4v) is 2.27. The third-order valence-electron chi connectivity index (χ3n) is 3.23. The van der Waals surface area contributed by atoms with Crippen molar-refractivity contribution in [2.75, 3.05) is 0 Å². The van der Waals surface area contributed by atoms with Gasteiger partial charge in [-0.15, -0.1) is 0 Å². The summed E-state index contributed by atoms with van der Waals surface area (Å²) < 4.78 is 5.14. The van der Waals surface area contributed by atoms with Crippen LogP contribution in [0.1, 0.15) is 39.3 Å². The van der Waals surface area contributed by atoms with Crippen LogP contribution in [0.4, 0.5) is 0 Å². The SMILES string of the molecule is O=C(O)c1coc(-c2ccc3c(c2)C(=O)CCC3)n1. The molecule has 0 aliphatic heterocycles. The molecule has 0 unspecified atom stereocenters. The second-order valence-electron chi connectivity index (χ2n) is 4.49. The van der Waals surface area contributed by atoms with Crippen LogP contribution in [-0.4, -0.2) is 21.8 Å². The number of carboxylic acids is 1. The van der Waals surface area contributed by atoms with E-state index in [4.69, 9.17) is 9.52 Å². The maximum absolute atomic E-state index is 11.8. The average Bonchev–Trinajstić information content (AvgIpc) is 2.89. The first-order chi connectivity index (χ1) is 9.15. The maximum atomic E-state index is 11.8. The molecule has 0 fully saturated rings. The van der Waals surface area contributed by atoms with Gasteiger partial charge in [-0.2, -0.15) is 0 Å². The van der Waals surface area contributed by atoms with Gasteiger partial charge in [0.05, 0.1) is 0 Å².